The van der Waals surface area contributed by atoms with Gasteiger partial charge in [0.1, 0.15) is 0 Å². The van der Waals surface area contributed by atoms with Gasteiger partial charge in [-0.3, -0.25) is 4.98 Å². The highest BCUT2D eigenvalue weighted by atomic mass is 16.5. The molecule has 0 bridgehead atoms. The lowest BCUT2D eigenvalue weighted by atomic mass is 10.1. The summed E-state index contributed by atoms with van der Waals surface area (Å²) in [4.78, 5) is 16.1. The van der Waals surface area contributed by atoms with E-state index in [1.807, 2.05) is 30.3 Å². The minimum absolute atomic E-state index is 0.0951. The number of hydrogen-bond acceptors (Lipinski definition) is 6. The summed E-state index contributed by atoms with van der Waals surface area (Å²) in [7, 11) is 0. The maximum Gasteiger partial charge on any atom is 0.378 e. The number of benzene rings is 1. The van der Waals surface area contributed by atoms with Crippen LogP contribution >= 0.6 is 0 Å². The molecule has 0 saturated carbocycles. The molecule has 1 aromatic carbocycles. The standard InChI is InChI=1S/C14H13N5O2/c1-2-21-14(20)13-16-17-18-19(13)9-10-7-8-15-12-6-4-3-5-11(10)12/h3-8H,2,9H2,1H3. The molecule has 0 atom stereocenters. The van der Waals surface area contributed by atoms with Gasteiger partial charge in [-0.25, -0.2) is 9.48 Å². The molecule has 0 N–H and O–H groups in total. The summed E-state index contributed by atoms with van der Waals surface area (Å²) in [6.45, 7) is 2.40. The number of hydrogen-bond donors (Lipinski definition) is 0. The summed E-state index contributed by atoms with van der Waals surface area (Å²) >= 11 is 0. The quantitative estimate of drug-likeness (QED) is 0.674. The van der Waals surface area contributed by atoms with E-state index in [4.69, 9.17) is 4.74 Å². The van der Waals surface area contributed by atoms with Crippen molar-refractivity contribution in [2.45, 2.75) is 13.5 Å². The Hall–Kier alpha value is -2.83. The Kier molecular flexibility index (Phi) is 3.55. The van der Waals surface area contributed by atoms with Crippen LogP contribution in [0.1, 0.15) is 23.1 Å². The van der Waals surface area contributed by atoms with Crippen LogP contribution in [0.3, 0.4) is 0 Å². The third kappa shape index (κ3) is 2.58. The Labute approximate surface area is 120 Å². The Morgan fingerprint density at radius 2 is 2.14 bits per heavy atom. The van der Waals surface area contributed by atoms with Gasteiger partial charge in [-0.05, 0) is 35.0 Å². The Balaban J connectivity index is 1.96. The minimum atomic E-state index is -0.527. The maximum atomic E-state index is 11.8. The highest BCUT2D eigenvalue weighted by molar-refractivity contribution is 5.85. The first-order valence-electron chi connectivity index (χ1n) is 6.55. The van der Waals surface area contributed by atoms with Crippen molar-refractivity contribution >= 4 is 16.9 Å². The molecule has 0 aliphatic heterocycles. The zero-order valence-corrected chi connectivity index (χ0v) is 11.4. The highest BCUT2D eigenvalue weighted by Crippen LogP contribution is 2.17. The number of aromatic nitrogens is 5. The number of esters is 1. The van der Waals surface area contributed by atoms with Crippen molar-refractivity contribution in [1.82, 2.24) is 25.2 Å². The van der Waals surface area contributed by atoms with Crippen LogP contribution in [-0.4, -0.2) is 37.8 Å². The van der Waals surface area contributed by atoms with Gasteiger partial charge < -0.3 is 4.74 Å². The summed E-state index contributed by atoms with van der Waals surface area (Å²) in [5, 5.41) is 12.1. The number of fused-ring (bicyclic) bond motifs is 1. The van der Waals surface area contributed by atoms with Crippen molar-refractivity contribution in [3.05, 3.63) is 47.9 Å². The second-order valence-corrected chi connectivity index (χ2v) is 4.37. The molecule has 0 unspecified atom stereocenters. The smallest absolute Gasteiger partial charge is 0.378 e. The van der Waals surface area contributed by atoms with E-state index >= 15 is 0 Å². The highest BCUT2D eigenvalue weighted by Gasteiger charge is 2.17. The molecule has 0 aliphatic rings. The van der Waals surface area contributed by atoms with E-state index in [2.05, 4.69) is 20.5 Å². The van der Waals surface area contributed by atoms with Crippen molar-refractivity contribution in [1.29, 1.82) is 0 Å². The average molecular weight is 283 g/mol. The molecule has 7 nitrogen and oxygen atoms in total. The SMILES string of the molecule is CCOC(=O)c1nnnn1Cc1ccnc2ccccc12. The zero-order chi connectivity index (χ0) is 14.7. The monoisotopic (exact) mass is 283 g/mol. The molecule has 2 heterocycles. The predicted octanol–water partition coefficient (Wildman–Crippen LogP) is 1.45. The Morgan fingerprint density at radius 1 is 1.29 bits per heavy atom. The summed E-state index contributed by atoms with van der Waals surface area (Å²) in [6.07, 6.45) is 1.73. The normalized spacial score (nSPS) is 10.7. The molecular weight excluding hydrogens is 270 g/mol. The molecule has 0 amide bonds. The predicted molar refractivity (Wildman–Crippen MR) is 74.6 cm³/mol. The van der Waals surface area contributed by atoms with E-state index < -0.39 is 5.97 Å². The number of rotatable bonds is 4. The molecule has 3 aromatic rings. The molecule has 0 saturated heterocycles. The molecule has 3 rings (SSSR count). The first kappa shape index (κ1) is 13.2. The van der Waals surface area contributed by atoms with Crippen LogP contribution in [0, 0.1) is 0 Å². The van der Waals surface area contributed by atoms with Crippen LogP contribution in [0.25, 0.3) is 10.9 Å². The molecule has 0 radical (unpaired) electrons. The summed E-state index contributed by atoms with van der Waals surface area (Å²) < 4.78 is 6.37. The van der Waals surface area contributed by atoms with Crippen LogP contribution in [0.15, 0.2) is 36.5 Å². The van der Waals surface area contributed by atoms with Crippen molar-refractivity contribution in [3.8, 4) is 0 Å². The van der Waals surface area contributed by atoms with Crippen molar-refractivity contribution < 1.29 is 9.53 Å². The van der Waals surface area contributed by atoms with Gasteiger partial charge in [0, 0.05) is 11.6 Å². The number of carbonyl (C=O) groups excluding carboxylic acids is 1. The number of pyridine rings is 1. The maximum absolute atomic E-state index is 11.8. The summed E-state index contributed by atoms with van der Waals surface area (Å²) in [6, 6.07) is 9.68. The van der Waals surface area contributed by atoms with Crippen molar-refractivity contribution in [2.24, 2.45) is 0 Å². The van der Waals surface area contributed by atoms with Crippen LogP contribution in [0.5, 0.6) is 0 Å². The van der Waals surface area contributed by atoms with Gasteiger partial charge >= 0.3 is 5.97 Å². The first-order chi connectivity index (χ1) is 10.3. The van der Waals surface area contributed by atoms with Gasteiger partial charge in [-0.2, -0.15) is 0 Å². The Bertz CT molecular complexity index is 778. The van der Waals surface area contributed by atoms with Gasteiger partial charge in [0.05, 0.1) is 18.7 Å². The third-order valence-corrected chi connectivity index (χ3v) is 3.05. The fourth-order valence-corrected chi connectivity index (χ4v) is 2.11. The van der Waals surface area contributed by atoms with E-state index in [1.54, 1.807) is 13.1 Å². The largest absolute Gasteiger partial charge is 0.460 e. The Morgan fingerprint density at radius 3 is 3.00 bits per heavy atom. The number of ether oxygens (including phenoxy) is 1. The van der Waals surface area contributed by atoms with Gasteiger partial charge in [0.2, 0.25) is 0 Å². The third-order valence-electron chi connectivity index (χ3n) is 3.05. The van der Waals surface area contributed by atoms with Crippen LogP contribution < -0.4 is 0 Å². The second-order valence-electron chi connectivity index (χ2n) is 4.37. The van der Waals surface area contributed by atoms with E-state index in [1.165, 1.54) is 4.68 Å². The average Bonchev–Trinajstić information content (AvgIpc) is 2.96. The van der Waals surface area contributed by atoms with E-state index in [-0.39, 0.29) is 12.4 Å². The minimum Gasteiger partial charge on any atom is -0.460 e. The molecule has 21 heavy (non-hydrogen) atoms. The molecule has 106 valence electrons. The van der Waals surface area contributed by atoms with Crippen LogP contribution in [-0.2, 0) is 11.3 Å². The molecular formula is C14H13N5O2. The lowest BCUT2D eigenvalue weighted by molar-refractivity contribution is 0.0505. The number of carbonyl (C=O) groups is 1. The van der Waals surface area contributed by atoms with Gasteiger partial charge in [-0.1, -0.05) is 18.2 Å². The fraction of sp³-hybridized carbons (Fsp3) is 0.214. The molecule has 0 fully saturated rings. The number of para-hydroxylation sites is 1. The molecule has 0 spiro atoms. The topological polar surface area (TPSA) is 82.8 Å². The lowest BCUT2D eigenvalue weighted by Gasteiger charge is -2.07. The molecule has 2 aromatic heterocycles. The molecule has 7 heteroatoms. The summed E-state index contributed by atoms with van der Waals surface area (Å²) in [5.41, 5.74) is 1.87. The zero-order valence-electron chi connectivity index (χ0n) is 11.4. The first-order valence-corrected chi connectivity index (χ1v) is 6.55. The fourth-order valence-electron chi connectivity index (χ4n) is 2.11. The second kappa shape index (κ2) is 5.66. The lowest BCUT2D eigenvalue weighted by Crippen LogP contribution is -2.15. The van der Waals surface area contributed by atoms with Crippen molar-refractivity contribution in [3.63, 3.8) is 0 Å². The van der Waals surface area contributed by atoms with E-state index in [0.717, 1.165) is 16.5 Å². The van der Waals surface area contributed by atoms with E-state index in [0.29, 0.717) is 6.54 Å². The van der Waals surface area contributed by atoms with Crippen molar-refractivity contribution in [2.75, 3.05) is 6.61 Å². The van der Waals surface area contributed by atoms with Gasteiger partial charge in [-0.15, -0.1) is 5.10 Å². The summed E-state index contributed by atoms with van der Waals surface area (Å²) in [5.74, 6) is -0.432. The van der Waals surface area contributed by atoms with Crippen LogP contribution in [0.2, 0.25) is 0 Å². The number of nitrogens with zero attached hydrogens (tertiary/aromatic N) is 5. The van der Waals surface area contributed by atoms with Gasteiger partial charge in [0.25, 0.3) is 5.82 Å². The van der Waals surface area contributed by atoms with E-state index in [9.17, 15) is 4.79 Å². The molecule has 0 aliphatic carbocycles. The van der Waals surface area contributed by atoms with Crippen LogP contribution in [0.4, 0.5) is 0 Å². The number of tetrazole rings is 1. The van der Waals surface area contributed by atoms with Gasteiger partial charge in [0.15, 0.2) is 0 Å².